The first-order valence-corrected chi connectivity index (χ1v) is 4.21. The molecular weight excluding hydrogens is 178 g/mol. The molecule has 14 heavy (non-hydrogen) atoms. The zero-order valence-corrected chi connectivity index (χ0v) is 7.51. The average molecular weight is 189 g/mol. The van der Waals surface area contributed by atoms with Crippen LogP contribution in [0.25, 0.3) is 0 Å². The molecule has 1 unspecified atom stereocenters. The molecule has 1 aliphatic rings. The average Bonchev–Trinajstić information content (AvgIpc) is 2.19. The van der Waals surface area contributed by atoms with Crippen molar-refractivity contribution in [3.8, 4) is 0 Å². The number of rotatable bonds is 1. The van der Waals surface area contributed by atoms with E-state index >= 15 is 0 Å². The van der Waals surface area contributed by atoms with E-state index in [0.717, 1.165) is 0 Å². The number of hydrogen-bond donors (Lipinski definition) is 3. The molecule has 5 N–H and O–H groups in total. The van der Waals surface area contributed by atoms with Gasteiger partial charge >= 0.3 is 0 Å². The van der Waals surface area contributed by atoms with E-state index in [4.69, 9.17) is 11.5 Å². The van der Waals surface area contributed by atoms with Crippen LogP contribution in [0.4, 0.5) is 0 Å². The quantitative estimate of drug-likeness (QED) is 0.562. The Morgan fingerprint density at radius 3 is 2.86 bits per heavy atom. The molecule has 0 fully saturated rings. The number of hydrogen-bond acceptors (Lipinski definition) is 5. The van der Waals surface area contributed by atoms with Gasteiger partial charge in [-0.15, -0.1) is 0 Å². The van der Waals surface area contributed by atoms with E-state index in [-0.39, 0.29) is 0 Å². The van der Waals surface area contributed by atoms with Crippen molar-refractivity contribution >= 4 is 5.96 Å². The van der Waals surface area contributed by atoms with E-state index in [9.17, 15) is 0 Å². The molecule has 0 aromatic carbocycles. The summed E-state index contributed by atoms with van der Waals surface area (Å²) < 4.78 is 0. The molecular formula is C9H11N5. The van der Waals surface area contributed by atoms with Crippen LogP contribution in [0.1, 0.15) is 5.69 Å². The van der Waals surface area contributed by atoms with E-state index in [1.54, 1.807) is 18.5 Å². The number of guanidine groups is 1. The third-order valence-electron chi connectivity index (χ3n) is 1.95. The lowest BCUT2D eigenvalue weighted by atomic mass is 10.1. The van der Waals surface area contributed by atoms with Gasteiger partial charge in [0, 0.05) is 12.4 Å². The predicted octanol–water partition coefficient (Wildman–Crippen LogP) is -0.375. The standard InChI is InChI=1S/C9H11N5/c10-8-13-6-4-9(11,14-8)7-3-1-2-5-12-7/h1-6H,11H2,(H3,10,13,14). The summed E-state index contributed by atoms with van der Waals surface area (Å²) in [6, 6.07) is 5.50. The molecule has 2 rings (SSSR count). The third-order valence-corrected chi connectivity index (χ3v) is 1.95. The molecule has 0 aliphatic carbocycles. The third kappa shape index (κ3) is 1.45. The second-order valence-corrected chi connectivity index (χ2v) is 3.02. The van der Waals surface area contributed by atoms with Crippen molar-refractivity contribution in [3.05, 3.63) is 42.4 Å². The van der Waals surface area contributed by atoms with Crippen LogP contribution in [0.2, 0.25) is 0 Å². The Balaban J connectivity index is 2.42. The Labute approximate surface area is 81.5 Å². The maximum Gasteiger partial charge on any atom is 0.195 e. The number of nitrogens with two attached hydrogens (primary N) is 2. The fraction of sp³-hybridized carbons (Fsp3) is 0.111. The lowest BCUT2D eigenvalue weighted by Crippen LogP contribution is -2.42. The van der Waals surface area contributed by atoms with E-state index < -0.39 is 5.66 Å². The minimum atomic E-state index is -0.948. The van der Waals surface area contributed by atoms with Crippen molar-refractivity contribution in [1.29, 1.82) is 0 Å². The lowest BCUT2D eigenvalue weighted by Gasteiger charge is -2.24. The van der Waals surface area contributed by atoms with Crippen LogP contribution in [0.5, 0.6) is 0 Å². The summed E-state index contributed by atoms with van der Waals surface area (Å²) >= 11 is 0. The second kappa shape index (κ2) is 3.12. The van der Waals surface area contributed by atoms with Crippen LogP contribution in [0.3, 0.4) is 0 Å². The van der Waals surface area contributed by atoms with Crippen molar-refractivity contribution in [1.82, 2.24) is 10.3 Å². The number of aromatic nitrogens is 1. The van der Waals surface area contributed by atoms with Crippen LogP contribution in [-0.2, 0) is 5.66 Å². The number of nitrogens with one attached hydrogen (secondary N) is 1. The van der Waals surface area contributed by atoms with Crippen molar-refractivity contribution in [2.45, 2.75) is 5.66 Å². The fourth-order valence-corrected chi connectivity index (χ4v) is 1.27. The van der Waals surface area contributed by atoms with Crippen LogP contribution < -0.4 is 16.8 Å². The van der Waals surface area contributed by atoms with Crippen molar-refractivity contribution in [2.24, 2.45) is 16.5 Å². The van der Waals surface area contributed by atoms with Crippen LogP contribution in [0, 0.1) is 0 Å². The Kier molecular flexibility index (Phi) is 1.94. The smallest absolute Gasteiger partial charge is 0.195 e. The van der Waals surface area contributed by atoms with E-state index in [0.29, 0.717) is 11.7 Å². The maximum absolute atomic E-state index is 6.01. The second-order valence-electron chi connectivity index (χ2n) is 3.02. The van der Waals surface area contributed by atoms with Crippen molar-refractivity contribution in [2.75, 3.05) is 0 Å². The molecule has 0 bridgehead atoms. The first-order chi connectivity index (χ1) is 6.71. The van der Waals surface area contributed by atoms with Gasteiger partial charge in [0.1, 0.15) is 0 Å². The molecule has 0 saturated heterocycles. The summed E-state index contributed by atoms with van der Waals surface area (Å²) in [5.74, 6) is 0.292. The topological polar surface area (TPSA) is 89.3 Å². The summed E-state index contributed by atoms with van der Waals surface area (Å²) in [5, 5.41) is 2.75. The highest BCUT2D eigenvalue weighted by atomic mass is 15.2. The van der Waals surface area contributed by atoms with Gasteiger partial charge in [-0.05, 0) is 18.2 Å². The predicted molar refractivity (Wildman–Crippen MR) is 54.0 cm³/mol. The summed E-state index contributed by atoms with van der Waals surface area (Å²) in [7, 11) is 0. The monoisotopic (exact) mass is 189 g/mol. The van der Waals surface area contributed by atoms with E-state index in [2.05, 4.69) is 15.3 Å². The zero-order valence-electron chi connectivity index (χ0n) is 7.51. The zero-order chi connectivity index (χ0) is 10.0. The molecule has 0 saturated carbocycles. The van der Waals surface area contributed by atoms with Crippen LogP contribution >= 0.6 is 0 Å². The van der Waals surface area contributed by atoms with E-state index in [1.807, 2.05) is 18.2 Å². The Morgan fingerprint density at radius 2 is 2.21 bits per heavy atom. The summed E-state index contributed by atoms with van der Waals surface area (Å²) in [6.45, 7) is 0. The van der Waals surface area contributed by atoms with Gasteiger partial charge in [-0.3, -0.25) is 10.7 Å². The molecule has 5 heteroatoms. The Morgan fingerprint density at radius 1 is 1.36 bits per heavy atom. The minimum Gasteiger partial charge on any atom is -0.370 e. The summed E-state index contributed by atoms with van der Waals surface area (Å²) in [6.07, 6.45) is 5.05. The molecule has 0 spiro atoms. The first kappa shape index (κ1) is 8.71. The molecule has 1 atom stereocenters. The molecule has 0 amide bonds. The number of pyridine rings is 1. The van der Waals surface area contributed by atoms with Crippen molar-refractivity contribution < 1.29 is 0 Å². The minimum absolute atomic E-state index is 0.292. The number of aliphatic imine (C=N–C) groups is 1. The summed E-state index contributed by atoms with van der Waals surface area (Å²) in [4.78, 5) is 8.24. The number of nitrogens with zero attached hydrogens (tertiary/aromatic N) is 2. The maximum atomic E-state index is 6.01. The van der Waals surface area contributed by atoms with Gasteiger partial charge in [0.2, 0.25) is 0 Å². The van der Waals surface area contributed by atoms with Gasteiger partial charge in [-0.2, -0.15) is 0 Å². The van der Waals surface area contributed by atoms with Gasteiger partial charge in [0.05, 0.1) is 5.69 Å². The molecule has 72 valence electrons. The van der Waals surface area contributed by atoms with Gasteiger partial charge in [0.15, 0.2) is 11.6 Å². The van der Waals surface area contributed by atoms with Gasteiger partial charge < -0.3 is 11.1 Å². The van der Waals surface area contributed by atoms with Gasteiger partial charge in [-0.1, -0.05) is 6.07 Å². The highest BCUT2D eigenvalue weighted by Gasteiger charge is 2.26. The van der Waals surface area contributed by atoms with E-state index in [1.165, 1.54) is 0 Å². The molecule has 1 aromatic heterocycles. The van der Waals surface area contributed by atoms with Crippen LogP contribution in [0.15, 0.2) is 41.7 Å². The van der Waals surface area contributed by atoms with Gasteiger partial charge in [-0.25, -0.2) is 4.99 Å². The Bertz CT molecular complexity index is 383. The highest BCUT2D eigenvalue weighted by Crippen LogP contribution is 2.20. The normalized spacial score (nSPS) is 25.4. The molecule has 2 heterocycles. The molecule has 1 aliphatic heterocycles. The summed E-state index contributed by atoms with van der Waals surface area (Å²) in [5.41, 5.74) is 11.3. The van der Waals surface area contributed by atoms with Crippen molar-refractivity contribution in [3.63, 3.8) is 0 Å². The van der Waals surface area contributed by atoms with Gasteiger partial charge in [0.25, 0.3) is 0 Å². The molecule has 1 aromatic rings. The molecule has 5 nitrogen and oxygen atoms in total. The van der Waals surface area contributed by atoms with Crippen LogP contribution in [-0.4, -0.2) is 10.9 Å². The first-order valence-electron chi connectivity index (χ1n) is 4.21. The Hall–Kier alpha value is -1.88. The fourth-order valence-electron chi connectivity index (χ4n) is 1.27. The largest absolute Gasteiger partial charge is 0.370 e. The molecule has 0 radical (unpaired) electrons. The highest BCUT2D eigenvalue weighted by molar-refractivity contribution is 5.80. The SMILES string of the molecule is NC1=NC(N)(c2ccccn2)C=CN1. The lowest BCUT2D eigenvalue weighted by molar-refractivity contribution is 0.561.